The fourth-order valence-electron chi connectivity index (χ4n) is 4.66. The summed E-state index contributed by atoms with van der Waals surface area (Å²) >= 11 is 0. The molecule has 7 heteroatoms. The quantitative estimate of drug-likeness (QED) is 0.701. The summed E-state index contributed by atoms with van der Waals surface area (Å²) in [6.45, 7) is 4.23. The third-order valence-corrected chi connectivity index (χ3v) is 5.28. The van der Waals surface area contributed by atoms with Gasteiger partial charge in [-0.2, -0.15) is 0 Å². The second kappa shape index (κ2) is 4.64. The van der Waals surface area contributed by atoms with Crippen molar-refractivity contribution in [2.45, 2.75) is 44.4 Å². The molecular weight excluding hydrogens is 302 g/mol. The zero-order chi connectivity index (χ0) is 16.4. The monoisotopic (exact) mass is 321 g/mol. The van der Waals surface area contributed by atoms with Gasteiger partial charge in [0, 0.05) is 37.8 Å². The molecule has 4 rings (SSSR count). The maximum Gasteiger partial charge on any atom is 0.346 e. The number of nitrogens with zero attached hydrogens (tertiary/aromatic N) is 1. The van der Waals surface area contributed by atoms with Crippen molar-refractivity contribution in [1.82, 2.24) is 4.90 Å². The van der Waals surface area contributed by atoms with E-state index in [9.17, 15) is 14.4 Å². The Bertz CT molecular complexity index is 655. The minimum Gasteiger partial charge on any atom is -0.463 e. The number of hydrogen-bond donors (Lipinski definition) is 0. The van der Waals surface area contributed by atoms with Gasteiger partial charge in [0.15, 0.2) is 11.5 Å². The standard InChI is InChI=1S/C16H19NO6/c1-3-21-14(20)15-7-10-6-11(19)8-17-5-4-12(16(10,17)23-15)13(15)22-9(2)18/h10H,3-8H2,1-2H3. The van der Waals surface area contributed by atoms with Crippen molar-refractivity contribution >= 4 is 17.7 Å². The minimum absolute atomic E-state index is 0.0926. The summed E-state index contributed by atoms with van der Waals surface area (Å²) in [5, 5.41) is 0. The van der Waals surface area contributed by atoms with Crippen LogP contribution in [-0.4, -0.2) is 53.6 Å². The van der Waals surface area contributed by atoms with E-state index in [1.54, 1.807) is 6.92 Å². The summed E-state index contributed by atoms with van der Waals surface area (Å²) < 4.78 is 16.9. The largest absolute Gasteiger partial charge is 0.463 e. The lowest BCUT2D eigenvalue weighted by Crippen LogP contribution is -2.55. The van der Waals surface area contributed by atoms with E-state index in [4.69, 9.17) is 14.2 Å². The van der Waals surface area contributed by atoms with Crippen molar-refractivity contribution in [2.24, 2.45) is 5.92 Å². The molecule has 1 spiro atoms. The number of carbonyl (C=O) groups excluding carboxylic acids is 3. The van der Waals surface area contributed by atoms with Gasteiger partial charge in [-0.05, 0) is 13.3 Å². The molecule has 3 saturated heterocycles. The first kappa shape index (κ1) is 14.8. The summed E-state index contributed by atoms with van der Waals surface area (Å²) in [5.74, 6) is -0.646. The molecule has 2 bridgehead atoms. The Morgan fingerprint density at radius 3 is 2.91 bits per heavy atom. The number of ether oxygens (including phenoxy) is 3. The van der Waals surface area contributed by atoms with Gasteiger partial charge in [-0.15, -0.1) is 0 Å². The molecule has 0 radical (unpaired) electrons. The maximum atomic E-state index is 12.6. The molecular formula is C16H19NO6. The minimum atomic E-state index is -1.38. The SMILES string of the molecule is CCOC(=O)C12CC3CC(=O)CN4CCC(=C1OC(C)=O)C34O2. The van der Waals surface area contributed by atoms with Gasteiger partial charge in [-0.3, -0.25) is 14.5 Å². The Kier molecular flexibility index (Phi) is 2.99. The van der Waals surface area contributed by atoms with Gasteiger partial charge in [0.05, 0.1) is 13.2 Å². The van der Waals surface area contributed by atoms with Crippen LogP contribution in [0.3, 0.4) is 0 Å². The van der Waals surface area contributed by atoms with Crippen LogP contribution in [0.4, 0.5) is 0 Å². The van der Waals surface area contributed by atoms with Gasteiger partial charge in [0.2, 0.25) is 5.60 Å². The number of hydrogen-bond acceptors (Lipinski definition) is 7. The number of esters is 2. The average molecular weight is 321 g/mol. The van der Waals surface area contributed by atoms with E-state index in [1.165, 1.54) is 6.92 Å². The number of rotatable bonds is 3. The van der Waals surface area contributed by atoms with Gasteiger partial charge in [0.25, 0.3) is 0 Å². The lowest BCUT2D eigenvalue weighted by atomic mass is 9.73. The van der Waals surface area contributed by atoms with Crippen LogP contribution < -0.4 is 0 Å². The molecule has 0 aliphatic carbocycles. The molecule has 0 aromatic carbocycles. The molecule has 124 valence electrons. The summed E-state index contributed by atoms with van der Waals surface area (Å²) in [6, 6.07) is 0. The van der Waals surface area contributed by atoms with E-state index in [0.29, 0.717) is 38.1 Å². The first-order chi connectivity index (χ1) is 10.9. The van der Waals surface area contributed by atoms with E-state index >= 15 is 0 Å². The van der Waals surface area contributed by atoms with Gasteiger partial charge in [0.1, 0.15) is 5.78 Å². The fraction of sp³-hybridized carbons (Fsp3) is 0.688. The molecule has 0 saturated carbocycles. The van der Waals surface area contributed by atoms with Crippen molar-refractivity contribution in [1.29, 1.82) is 0 Å². The highest BCUT2D eigenvalue weighted by molar-refractivity contribution is 5.89. The molecule has 3 fully saturated rings. The summed E-state index contributed by atoms with van der Waals surface area (Å²) in [4.78, 5) is 38.2. The van der Waals surface area contributed by atoms with Crippen LogP contribution in [-0.2, 0) is 28.6 Å². The highest BCUT2D eigenvalue weighted by atomic mass is 16.6. The maximum absolute atomic E-state index is 12.6. The van der Waals surface area contributed by atoms with Crippen molar-refractivity contribution in [3.8, 4) is 0 Å². The van der Waals surface area contributed by atoms with Crippen LogP contribution in [0.2, 0.25) is 0 Å². The fourth-order valence-corrected chi connectivity index (χ4v) is 4.66. The van der Waals surface area contributed by atoms with Crippen LogP contribution in [0.5, 0.6) is 0 Å². The Balaban J connectivity index is 1.85. The summed E-state index contributed by atoms with van der Waals surface area (Å²) in [7, 11) is 0. The zero-order valence-electron chi connectivity index (χ0n) is 13.2. The Labute approximate surface area is 133 Å². The van der Waals surface area contributed by atoms with Crippen LogP contribution in [0.1, 0.15) is 33.1 Å². The third-order valence-electron chi connectivity index (χ3n) is 5.28. The van der Waals surface area contributed by atoms with Crippen molar-refractivity contribution in [3.63, 3.8) is 0 Å². The number of carbonyl (C=O) groups is 3. The highest BCUT2D eigenvalue weighted by Crippen LogP contribution is 2.64. The van der Waals surface area contributed by atoms with Crippen molar-refractivity contribution < 1.29 is 28.6 Å². The number of piperidine rings is 1. The molecule has 0 aromatic heterocycles. The van der Waals surface area contributed by atoms with E-state index in [0.717, 1.165) is 5.57 Å². The second-order valence-electron chi connectivity index (χ2n) is 6.56. The van der Waals surface area contributed by atoms with Gasteiger partial charge in [-0.25, -0.2) is 4.79 Å². The molecule has 0 aromatic rings. The van der Waals surface area contributed by atoms with Gasteiger partial charge < -0.3 is 14.2 Å². The topological polar surface area (TPSA) is 82.1 Å². The van der Waals surface area contributed by atoms with E-state index in [1.807, 2.05) is 4.90 Å². The van der Waals surface area contributed by atoms with E-state index in [2.05, 4.69) is 0 Å². The molecule has 0 amide bonds. The Morgan fingerprint density at radius 2 is 2.22 bits per heavy atom. The second-order valence-corrected chi connectivity index (χ2v) is 6.56. The number of fused-ring (bicyclic) bond motifs is 1. The van der Waals surface area contributed by atoms with E-state index in [-0.39, 0.29) is 18.3 Å². The molecule has 23 heavy (non-hydrogen) atoms. The summed E-state index contributed by atoms with van der Waals surface area (Å²) in [5.41, 5.74) is -1.32. The van der Waals surface area contributed by atoms with Gasteiger partial charge >= 0.3 is 11.9 Å². The Morgan fingerprint density at radius 1 is 1.43 bits per heavy atom. The van der Waals surface area contributed by atoms with Crippen LogP contribution >= 0.6 is 0 Å². The lowest BCUT2D eigenvalue weighted by molar-refractivity contribution is -0.186. The first-order valence-corrected chi connectivity index (χ1v) is 8.00. The molecule has 7 nitrogen and oxygen atoms in total. The predicted molar refractivity (Wildman–Crippen MR) is 75.9 cm³/mol. The van der Waals surface area contributed by atoms with Crippen molar-refractivity contribution in [3.05, 3.63) is 11.3 Å². The molecule has 4 aliphatic rings. The summed E-state index contributed by atoms with van der Waals surface area (Å²) in [6.07, 6.45) is 1.34. The molecule has 3 atom stereocenters. The van der Waals surface area contributed by atoms with Crippen molar-refractivity contribution in [2.75, 3.05) is 19.7 Å². The molecule has 0 N–H and O–H groups in total. The average Bonchev–Trinajstić information content (AvgIpc) is 3.07. The first-order valence-electron chi connectivity index (χ1n) is 8.00. The van der Waals surface area contributed by atoms with Crippen LogP contribution in [0.15, 0.2) is 11.3 Å². The van der Waals surface area contributed by atoms with Crippen LogP contribution in [0.25, 0.3) is 0 Å². The molecule has 3 unspecified atom stereocenters. The normalized spacial score (nSPS) is 38.0. The third kappa shape index (κ3) is 1.69. The van der Waals surface area contributed by atoms with Crippen LogP contribution in [0, 0.1) is 5.92 Å². The highest BCUT2D eigenvalue weighted by Gasteiger charge is 2.75. The van der Waals surface area contributed by atoms with E-state index < -0.39 is 23.3 Å². The molecule has 4 heterocycles. The predicted octanol–water partition coefficient (Wildman–Crippen LogP) is 0.530. The lowest BCUT2D eigenvalue weighted by Gasteiger charge is -2.41. The smallest absolute Gasteiger partial charge is 0.346 e. The van der Waals surface area contributed by atoms with Gasteiger partial charge in [-0.1, -0.05) is 0 Å². The Hall–Kier alpha value is -1.73. The number of Topliss-reactive ketones (excluding diaryl/α,β-unsaturated/α-hetero) is 1. The zero-order valence-corrected chi connectivity index (χ0v) is 13.2. The number of ketones is 1. The molecule has 4 aliphatic heterocycles.